The van der Waals surface area contributed by atoms with E-state index < -0.39 is 5.97 Å². The van der Waals surface area contributed by atoms with Gasteiger partial charge < -0.3 is 10.0 Å². The number of rotatable bonds is 4. The fraction of sp³-hybridized carbons (Fsp3) is 0.562. The van der Waals surface area contributed by atoms with Gasteiger partial charge in [-0.3, -0.25) is 4.79 Å². The van der Waals surface area contributed by atoms with Gasteiger partial charge in [0, 0.05) is 18.8 Å². The molecule has 19 heavy (non-hydrogen) atoms. The molecule has 104 valence electrons. The number of hydrogen-bond donors (Lipinski definition) is 1. The zero-order chi connectivity index (χ0) is 13.9. The minimum absolute atomic E-state index is 0.104. The molecule has 1 N–H and O–H groups in total. The first kappa shape index (κ1) is 13.9. The van der Waals surface area contributed by atoms with Crippen LogP contribution in [0.15, 0.2) is 24.3 Å². The molecule has 0 spiro atoms. The molecule has 0 radical (unpaired) electrons. The molecule has 1 aromatic carbocycles. The van der Waals surface area contributed by atoms with Gasteiger partial charge in [0.05, 0.1) is 6.42 Å². The maximum absolute atomic E-state index is 11.0. The van der Waals surface area contributed by atoms with Crippen molar-refractivity contribution in [3.05, 3.63) is 29.8 Å². The van der Waals surface area contributed by atoms with E-state index in [1.54, 1.807) is 0 Å². The molecule has 0 amide bonds. The van der Waals surface area contributed by atoms with Crippen molar-refractivity contribution in [3.63, 3.8) is 0 Å². The number of carbonyl (C=O) groups is 1. The van der Waals surface area contributed by atoms with Crippen molar-refractivity contribution < 1.29 is 9.90 Å². The molecule has 0 bridgehead atoms. The summed E-state index contributed by atoms with van der Waals surface area (Å²) in [6, 6.07) is 8.65. The molecule has 1 aliphatic rings. The predicted molar refractivity (Wildman–Crippen MR) is 77.6 cm³/mol. The Morgan fingerprint density at radius 2 is 2.05 bits per heavy atom. The molecule has 0 aliphatic carbocycles. The summed E-state index contributed by atoms with van der Waals surface area (Å²) in [6.45, 7) is 6.11. The minimum Gasteiger partial charge on any atom is -0.481 e. The first-order valence-corrected chi connectivity index (χ1v) is 7.08. The normalized spacial score (nSPS) is 23.4. The first-order chi connectivity index (χ1) is 9.02. The van der Waals surface area contributed by atoms with Gasteiger partial charge >= 0.3 is 5.97 Å². The van der Waals surface area contributed by atoms with Crippen LogP contribution in [0.3, 0.4) is 0 Å². The molecule has 2 rings (SSSR count). The maximum Gasteiger partial charge on any atom is 0.303 e. The van der Waals surface area contributed by atoms with Gasteiger partial charge in [-0.2, -0.15) is 0 Å². The molecule has 1 aliphatic heterocycles. The Morgan fingerprint density at radius 1 is 1.37 bits per heavy atom. The van der Waals surface area contributed by atoms with Gasteiger partial charge in [0.1, 0.15) is 0 Å². The SMILES string of the molecule is CCc1ccc(N2CCCC(C)(CC(=O)O)C2)cc1. The fourth-order valence-corrected chi connectivity index (χ4v) is 2.99. The van der Waals surface area contributed by atoms with Gasteiger partial charge in [-0.25, -0.2) is 0 Å². The highest BCUT2D eigenvalue weighted by Gasteiger charge is 2.33. The lowest BCUT2D eigenvalue weighted by Gasteiger charge is -2.41. The Bertz CT molecular complexity index is 441. The van der Waals surface area contributed by atoms with Crippen LogP contribution in [0.4, 0.5) is 5.69 Å². The summed E-state index contributed by atoms with van der Waals surface area (Å²) in [5, 5.41) is 9.04. The highest BCUT2D eigenvalue weighted by molar-refractivity contribution is 5.68. The van der Waals surface area contributed by atoms with E-state index >= 15 is 0 Å². The van der Waals surface area contributed by atoms with E-state index in [4.69, 9.17) is 5.11 Å². The number of carboxylic acids is 1. The Hall–Kier alpha value is -1.51. The predicted octanol–water partition coefficient (Wildman–Crippen LogP) is 3.33. The van der Waals surface area contributed by atoms with Crippen LogP contribution in [0.2, 0.25) is 0 Å². The van der Waals surface area contributed by atoms with Crippen LogP contribution >= 0.6 is 0 Å². The van der Waals surface area contributed by atoms with Gasteiger partial charge in [-0.1, -0.05) is 26.0 Å². The van der Waals surface area contributed by atoms with Gasteiger partial charge in [0.2, 0.25) is 0 Å². The van der Waals surface area contributed by atoms with Crippen LogP contribution in [-0.4, -0.2) is 24.2 Å². The van der Waals surface area contributed by atoms with Crippen molar-refractivity contribution >= 4 is 11.7 Å². The highest BCUT2D eigenvalue weighted by atomic mass is 16.4. The lowest BCUT2D eigenvalue weighted by molar-refractivity contribution is -0.139. The number of piperidine rings is 1. The number of aliphatic carboxylic acids is 1. The third-order valence-corrected chi connectivity index (χ3v) is 4.07. The van der Waals surface area contributed by atoms with Crippen LogP contribution < -0.4 is 4.90 Å². The summed E-state index contributed by atoms with van der Waals surface area (Å²) in [4.78, 5) is 13.3. The molecule has 3 heteroatoms. The van der Waals surface area contributed by atoms with Gasteiger partial charge in [0.15, 0.2) is 0 Å². The van der Waals surface area contributed by atoms with Crippen LogP contribution in [0.1, 0.15) is 38.7 Å². The molecule has 1 heterocycles. The van der Waals surface area contributed by atoms with Crippen LogP contribution in [0.25, 0.3) is 0 Å². The topological polar surface area (TPSA) is 40.5 Å². The van der Waals surface area contributed by atoms with Crippen molar-refractivity contribution in [2.75, 3.05) is 18.0 Å². The summed E-state index contributed by atoms with van der Waals surface area (Å²) in [7, 11) is 0. The summed E-state index contributed by atoms with van der Waals surface area (Å²) < 4.78 is 0. The standard InChI is InChI=1S/C16H23NO2/c1-3-13-5-7-14(8-6-13)17-10-4-9-16(2,12-17)11-15(18)19/h5-8H,3-4,9-12H2,1-2H3,(H,18,19). The van der Waals surface area contributed by atoms with Crippen molar-refractivity contribution in [1.82, 2.24) is 0 Å². The third kappa shape index (κ3) is 3.49. The molecule has 1 saturated heterocycles. The Morgan fingerprint density at radius 3 is 2.63 bits per heavy atom. The zero-order valence-corrected chi connectivity index (χ0v) is 11.9. The lowest BCUT2D eigenvalue weighted by Crippen LogP contribution is -2.42. The Labute approximate surface area is 115 Å². The average Bonchev–Trinajstić information content (AvgIpc) is 2.37. The third-order valence-electron chi connectivity index (χ3n) is 4.07. The quantitative estimate of drug-likeness (QED) is 0.903. The average molecular weight is 261 g/mol. The van der Waals surface area contributed by atoms with Gasteiger partial charge in [0.25, 0.3) is 0 Å². The second kappa shape index (κ2) is 5.64. The van der Waals surface area contributed by atoms with E-state index in [0.29, 0.717) is 0 Å². The molecule has 1 atom stereocenters. The van der Waals surface area contributed by atoms with Crippen molar-refractivity contribution in [2.45, 2.75) is 39.5 Å². The second-order valence-corrected chi connectivity index (χ2v) is 5.93. The number of nitrogens with zero attached hydrogens (tertiary/aromatic N) is 1. The van der Waals surface area contributed by atoms with E-state index in [-0.39, 0.29) is 11.8 Å². The van der Waals surface area contributed by atoms with Crippen LogP contribution in [0.5, 0.6) is 0 Å². The van der Waals surface area contributed by atoms with Gasteiger partial charge in [-0.05, 0) is 42.4 Å². The summed E-state index contributed by atoms with van der Waals surface area (Å²) in [6.07, 6.45) is 3.38. The van der Waals surface area contributed by atoms with Gasteiger partial charge in [-0.15, -0.1) is 0 Å². The van der Waals surface area contributed by atoms with E-state index in [2.05, 4.69) is 43.0 Å². The van der Waals surface area contributed by atoms with Crippen molar-refractivity contribution in [1.29, 1.82) is 0 Å². The number of benzene rings is 1. The Balaban J connectivity index is 2.09. The summed E-state index contributed by atoms with van der Waals surface area (Å²) >= 11 is 0. The lowest BCUT2D eigenvalue weighted by atomic mass is 9.79. The number of anilines is 1. The molecule has 1 fully saturated rings. The molecule has 3 nitrogen and oxygen atoms in total. The smallest absolute Gasteiger partial charge is 0.303 e. The monoisotopic (exact) mass is 261 g/mol. The van der Waals surface area contributed by atoms with E-state index in [1.165, 1.54) is 11.3 Å². The highest BCUT2D eigenvalue weighted by Crippen LogP contribution is 2.35. The van der Waals surface area contributed by atoms with E-state index in [9.17, 15) is 4.79 Å². The molecular weight excluding hydrogens is 238 g/mol. The largest absolute Gasteiger partial charge is 0.481 e. The molecule has 1 aromatic rings. The number of carboxylic acid groups (broad SMARTS) is 1. The zero-order valence-electron chi connectivity index (χ0n) is 11.9. The number of aryl methyl sites for hydroxylation is 1. The second-order valence-electron chi connectivity index (χ2n) is 5.93. The van der Waals surface area contributed by atoms with E-state index in [0.717, 1.165) is 32.4 Å². The molecule has 0 saturated carbocycles. The van der Waals surface area contributed by atoms with Crippen molar-refractivity contribution in [2.24, 2.45) is 5.41 Å². The molecule has 0 aromatic heterocycles. The van der Waals surface area contributed by atoms with E-state index in [1.807, 2.05) is 0 Å². The minimum atomic E-state index is -0.689. The van der Waals surface area contributed by atoms with Crippen LogP contribution in [0, 0.1) is 5.41 Å². The van der Waals surface area contributed by atoms with Crippen molar-refractivity contribution in [3.8, 4) is 0 Å². The fourth-order valence-electron chi connectivity index (χ4n) is 2.99. The number of hydrogen-bond acceptors (Lipinski definition) is 2. The van der Waals surface area contributed by atoms with Crippen LogP contribution in [-0.2, 0) is 11.2 Å². The maximum atomic E-state index is 11.0. The summed E-state index contributed by atoms with van der Waals surface area (Å²) in [5.41, 5.74) is 2.45. The summed E-state index contributed by atoms with van der Waals surface area (Å²) in [5.74, 6) is -0.689. The molecular formula is C16H23NO2. The first-order valence-electron chi connectivity index (χ1n) is 7.08. The molecule has 1 unspecified atom stereocenters. The Kier molecular flexibility index (Phi) is 4.13.